The second-order valence-electron chi connectivity index (χ2n) is 6.55. The molecule has 6 nitrogen and oxygen atoms in total. The smallest absolute Gasteiger partial charge is 0.329 e. The maximum atomic E-state index is 12.8. The summed E-state index contributed by atoms with van der Waals surface area (Å²) in [5, 5.41) is 3.01. The van der Waals surface area contributed by atoms with Gasteiger partial charge in [0.1, 0.15) is 5.70 Å². The molecule has 0 spiro atoms. The topological polar surface area (TPSA) is 67.9 Å². The number of nitrogens with one attached hydrogen (secondary N) is 1. The lowest BCUT2D eigenvalue weighted by Crippen LogP contribution is -2.30. The van der Waals surface area contributed by atoms with Crippen LogP contribution in [0, 0.1) is 6.92 Å². The first-order valence-electron chi connectivity index (χ1n) is 9.42. The molecule has 0 aliphatic carbocycles. The fraction of sp³-hybridized carbons (Fsp3) is 0.273. The van der Waals surface area contributed by atoms with Gasteiger partial charge >= 0.3 is 6.03 Å². The molecule has 1 aliphatic rings. The van der Waals surface area contributed by atoms with Gasteiger partial charge < -0.3 is 14.8 Å². The maximum Gasteiger partial charge on any atom is 0.329 e. The normalized spacial score (nSPS) is 15.0. The molecule has 0 aromatic heterocycles. The van der Waals surface area contributed by atoms with Gasteiger partial charge in [-0.25, -0.2) is 4.79 Å². The quantitative estimate of drug-likeness (QED) is 0.533. The SMILES string of the molecule is CCOc1cc(Cl)c(/C=C2/NC(=O)N(Cc3ccc(C)cc3)C2=O)cc1OCC. The van der Waals surface area contributed by atoms with Crippen molar-refractivity contribution < 1.29 is 19.1 Å². The summed E-state index contributed by atoms with van der Waals surface area (Å²) in [5.74, 6) is 0.654. The van der Waals surface area contributed by atoms with Crippen molar-refractivity contribution >= 4 is 29.6 Å². The first kappa shape index (κ1) is 20.7. The highest BCUT2D eigenvalue weighted by molar-refractivity contribution is 6.32. The first-order valence-corrected chi connectivity index (χ1v) is 9.80. The molecule has 1 heterocycles. The molecule has 1 saturated heterocycles. The Hall–Kier alpha value is -2.99. The number of benzene rings is 2. The molecule has 3 amide bonds. The molecular formula is C22H23ClN2O4. The average Bonchev–Trinajstić information content (AvgIpc) is 2.95. The van der Waals surface area contributed by atoms with Crippen molar-refractivity contribution in [2.45, 2.75) is 27.3 Å². The summed E-state index contributed by atoms with van der Waals surface area (Å²) in [7, 11) is 0. The van der Waals surface area contributed by atoms with Crippen LogP contribution in [0.5, 0.6) is 11.5 Å². The number of urea groups is 1. The minimum Gasteiger partial charge on any atom is -0.490 e. The standard InChI is InChI=1S/C22H23ClN2O4/c1-4-28-19-11-16(17(23)12-20(19)29-5-2)10-18-21(26)25(22(27)24-18)13-15-8-6-14(3)7-9-15/h6-12H,4-5,13H2,1-3H3,(H,24,27)/b18-10+. The summed E-state index contributed by atoms with van der Waals surface area (Å²) >= 11 is 6.36. The zero-order valence-corrected chi connectivity index (χ0v) is 17.4. The van der Waals surface area contributed by atoms with Gasteiger partial charge in [0.25, 0.3) is 5.91 Å². The van der Waals surface area contributed by atoms with E-state index >= 15 is 0 Å². The number of nitrogens with zero attached hydrogens (tertiary/aromatic N) is 1. The van der Waals surface area contributed by atoms with E-state index in [4.69, 9.17) is 21.1 Å². The Labute approximate surface area is 175 Å². The monoisotopic (exact) mass is 414 g/mol. The van der Waals surface area contributed by atoms with Gasteiger partial charge in [-0.2, -0.15) is 0 Å². The van der Waals surface area contributed by atoms with Crippen molar-refractivity contribution in [2.75, 3.05) is 13.2 Å². The van der Waals surface area contributed by atoms with Gasteiger partial charge in [0.2, 0.25) is 0 Å². The van der Waals surface area contributed by atoms with E-state index in [2.05, 4.69) is 5.32 Å². The summed E-state index contributed by atoms with van der Waals surface area (Å²) in [4.78, 5) is 26.3. The van der Waals surface area contributed by atoms with Crippen molar-refractivity contribution in [3.63, 3.8) is 0 Å². The Morgan fingerprint density at radius 2 is 1.66 bits per heavy atom. The second kappa shape index (κ2) is 9.01. The number of ether oxygens (including phenoxy) is 2. The van der Waals surface area contributed by atoms with E-state index in [1.165, 1.54) is 4.90 Å². The van der Waals surface area contributed by atoms with Gasteiger partial charge in [0.05, 0.1) is 24.8 Å². The lowest BCUT2D eigenvalue weighted by Gasteiger charge is -2.13. The molecule has 1 N–H and O–H groups in total. The summed E-state index contributed by atoms with van der Waals surface area (Å²) in [5.41, 5.74) is 2.70. The molecule has 0 saturated carbocycles. The molecule has 0 atom stereocenters. The molecule has 29 heavy (non-hydrogen) atoms. The molecule has 7 heteroatoms. The van der Waals surface area contributed by atoms with Crippen molar-refractivity contribution in [2.24, 2.45) is 0 Å². The average molecular weight is 415 g/mol. The van der Waals surface area contributed by atoms with E-state index in [1.54, 1.807) is 18.2 Å². The fourth-order valence-corrected chi connectivity index (χ4v) is 3.15. The number of hydrogen-bond acceptors (Lipinski definition) is 4. The zero-order valence-electron chi connectivity index (χ0n) is 16.6. The van der Waals surface area contributed by atoms with Crippen LogP contribution in [0.4, 0.5) is 4.79 Å². The molecule has 1 aliphatic heterocycles. The fourth-order valence-electron chi connectivity index (χ4n) is 2.94. The number of halogens is 1. The Bertz CT molecular complexity index is 954. The maximum absolute atomic E-state index is 12.8. The third-order valence-electron chi connectivity index (χ3n) is 4.39. The Morgan fingerprint density at radius 1 is 1.03 bits per heavy atom. The first-order chi connectivity index (χ1) is 13.9. The summed E-state index contributed by atoms with van der Waals surface area (Å²) in [6, 6.07) is 10.6. The Balaban J connectivity index is 1.86. The Morgan fingerprint density at radius 3 is 2.28 bits per heavy atom. The predicted molar refractivity (Wildman–Crippen MR) is 112 cm³/mol. The molecule has 2 aromatic rings. The van der Waals surface area contributed by atoms with Crippen LogP contribution in [0.1, 0.15) is 30.5 Å². The van der Waals surface area contributed by atoms with Crippen LogP contribution in [-0.4, -0.2) is 30.1 Å². The molecule has 152 valence electrons. The van der Waals surface area contributed by atoms with E-state index in [-0.39, 0.29) is 12.2 Å². The van der Waals surface area contributed by atoms with Crippen LogP contribution in [0.25, 0.3) is 6.08 Å². The van der Waals surface area contributed by atoms with E-state index in [9.17, 15) is 9.59 Å². The molecular weight excluding hydrogens is 392 g/mol. The van der Waals surface area contributed by atoms with E-state index in [1.807, 2.05) is 45.0 Å². The lowest BCUT2D eigenvalue weighted by molar-refractivity contribution is -0.123. The van der Waals surface area contributed by atoms with Gasteiger partial charge in [-0.1, -0.05) is 41.4 Å². The van der Waals surface area contributed by atoms with Gasteiger partial charge in [0.15, 0.2) is 11.5 Å². The highest BCUT2D eigenvalue weighted by Gasteiger charge is 2.33. The molecule has 2 aromatic carbocycles. The highest BCUT2D eigenvalue weighted by atomic mass is 35.5. The largest absolute Gasteiger partial charge is 0.490 e. The zero-order chi connectivity index (χ0) is 21.0. The lowest BCUT2D eigenvalue weighted by atomic mass is 10.1. The van der Waals surface area contributed by atoms with Crippen molar-refractivity contribution in [3.8, 4) is 11.5 Å². The molecule has 0 bridgehead atoms. The van der Waals surface area contributed by atoms with Crippen LogP contribution < -0.4 is 14.8 Å². The number of rotatable bonds is 7. The number of carbonyl (C=O) groups excluding carboxylic acids is 2. The van der Waals surface area contributed by atoms with E-state index < -0.39 is 11.9 Å². The van der Waals surface area contributed by atoms with E-state index in [0.717, 1.165) is 11.1 Å². The number of amides is 3. The van der Waals surface area contributed by atoms with Crippen LogP contribution in [0.15, 0.2) is 42.1 Å². The number of hydrogen-bond donors (Lipinski definition) is 1. The summed E-state index contributed by atoms with van der Waals surface area (Å²) < 4.78 is 11.2. The number of aryl methyl sites for hydroxylation is 1. The second-order valence-corrected chi connectivity index (χ2v) is 6.96. The van der Waals surface area contributed by atoms with Crippen molar-refractivity contribution in [3.05, 3.63) is 63.8 Å². The summed E-state index contributed by atoms with van der Waals surface area (Å²) in [6.45, 7) is 6.84. The highest BCUT2D eigenvalue weighted by Crippen LogP contribution is 2.35. The Kier molecular flexibility index (Phi) is 6.44. The van der Waals surface area contributed by atoms with Crippen LogP contribution in [-0.2, 0) is 11.3 Å². The van der Waals surface area contributed by atoms with E-state index in [0.29, 0.717) is 35.3 Å². The number of carbonyl (C=O) groups is 2. The molecule has 1 fully saturated rings. The third-order valence-corrected chi connectivity index (χ3v) is 4.71. The minimum absolute atomic E-state index is 0.163. The van der Waals surface area contributed by atoms with Crippen molar-refractivity contribution in [1.29, 1.82) is 0 Å². The minimum atomic E-state index is -0.464. The number of imide groups is 1. The molecule has 0 unspecified atom stereocenters. The van der Waals surface area contributed by atoms with Crippen molar-refractivity contribution in [1.82, 2.24) is 10.2 Å². The van der Waals surface area contributed by atoms with Crippen LogP contribution in [0.2, 0.25) is 5.02 Å². The van der Waals surface area contributed by atoms with Gasteiger partial charge in [-0.15, -0.1) is 0 Å². The van der Waals surface area contributed by atoms with Crippen LogP contribution in [0.3, 0.4) is 0 Å². The van der Waals surface area contributed by atoms with Gasteiger partial charge in [0, 0.05) is 6.07 Å². The molecule has 3 rings (SSSR count). The predicted octanol–water partition coefficient (Wildman–Crippen LogP) is 4.54. The molecule has 0 radical (unpaired) electrons. The summed E-state index contributed by atoms with van der Waals surface area (Å²) in [6.07, 6.45) is 1.55. The van der Waals surface area contributed by atoms with Gasteiger partial charge in [-0.05, 0) is 44.0 Å². The third kappa shape index (κ3) is 4.71. The van der Waals surface area contributed by atoms with Gasteiger partial charge in [-0.3, -0.25) is 9.69 Å². The van der Waals surface area contributed by atoms with Crippen LogP contribution >= 0.6 is 11.6 Å².